The highest BCUT2D eigenvalue weighted by molar-refractivity contribution is 6.06. The van der Waals surface area contributed by atoms with Crippen molar-refractivity contribution in [2.45, 2.75) is 12.2 Å². The van der Waals surface area contributed by atoms with Gasteiger partial charge >= 0.3 is 6.18 Å². The summed E-state index contributed by atoms with van der Waals surface area (Å²) < 4.78 is 37.0. The molecule has 2 N–H and O–H groups in total. The zero-order valence-corrected chi connectivity index (χ0v) is 6.89. The molecule has 0 aromatic rings. The number of hydrogen-bond donors (Lipinski definition) is 2. The minimum atomic E-state index is -4.48. The molecule has 2 aliphatic rings. The highest BCUT2D eigenvalue weighted by Gasteiger charge is 2.59. The molecule has 2 aliphatic heterocycles. The van der Waals surface area contributed by atoms with Gasteiger partial charge in [0, 0.05) is 6.54 Å². The fourth-order valence-corrected chi connectivity index (χ4v) is 1.95. The average molecular weight is 208 g/mol. The molecule has 4 nitrogen and oxygen atoms in total. The number of imide groups is 1. The molecule has 0 aliphatic carbocycles. The summed E-state index contributed by atoms with van der Waals surface area (Å²) in [4.78, 5) is 22.1. The maximum Gasteiger partial charge on any atom is 0.404 e. The monoisotopic (exact) mass is 208 g/mol. The molecule has 3 unspecified atom stereocenters. The lowest BCUT2D eigenvalue weighted by Gasteiger charge is -2.18. The van der Waals surface area contributed by atoms with Crippen LogP contribution in [-0.4, -0.2) is 30.6 Å². The van der Waals surface area contributed by atoms with Crippen LogP contribution in [0.5, 0.6) is 0 Å². The van der Waals surface area contributed by atoms with Crippen molar-refractivity contribution in [2.24, 2.45) is 11.8 Å². The first-order valence-electron chi connectivity index (χ1n) is 4.06. The molecule has 0 aromatic heterocycles. The highest BCUT2D eigenvalue weighted by atomic mass is 19.4. The molecule has 2 amide bonds. The van der Waals surface area contributed by atoms with Gasteiger partial charge in [0.1, 0.15) is 6.04 Å². The minimum absolute atomic E-state index is 0.0909. The summed E-state index contributed by atoms with van der Waals surface area (Å²) in [6, 6.07) is -1.89. The standard InChI is InChI=1S/C7H7F3N2O2/c8-7(9,10)4-3-2(1-11-4)5(13)12-6(3)14/h2-4,11H,1H2,(H,12,13,14). The maximum absolute atomic E-state index is 12.3. The number of carbonyl (C=O) groups excluding carboxylic acids is 2. The molecule has 0 aromatic carbocycles. The number of carbonyl (C=O) groups is 2. The van der Waals surface area contributed by atoms with Gasteiger partial charge in [-0.15, -0.1) is 0 Å². The molecule has 2 saturated heterocycles. The van der Waals surface area contributed by atoms with Crippen LogP contribution >= 0.6 is 0 Å². The normalized spacial score (nSPS) is 37.2. The fourth-order valence-electron chi connectivity index (χ4n) is 1.95. The van der Waals surface area contributed by atoms with Crippen LogP contribution in [0.2, 0.25) is 0 Å². The number of amides is 2. The predicted octanol–water partition coefficient (Wildman–Crippen LogP) is -0.591. The third-order valence-corrected chi connectivity index (χ3v) is 2.59. The topological polar surface area (TPSA) is 58.2 Å². The summed E-state index contributed by atoms with van der Waals surface area (Å²) in [6.45, 7) is -0.0909. The molecule has 7 heteroatoms. The van der Waals surface area contributed by atoms with Gasteiger partial charge in [0.25, 0.3) is 0 Å². The van der Waals surface area contributed by atoms with Gasteiger partial charge in [-0.2, -0.15) is 13.2 Å². The Morgan fingerprint density at radius 1 is 1.21 bits per heavy atom. The first-order valence-corrected chi connectivity index (χ1v) is 4.06. The second-order valence-corrected chi connectivity index (χ2v) is 3.41. The van der Waals surface area contributed by atoms with E-state index in [4.69, 9.17) is 0 Å². The molecule has 0 bridgehead atoms. The predicted molar refractivity (Wildman–Crippen MR) is 38.0 cm³/mol. The van der Waals surface area contributed by atoms with Gasteiger partial charge in [-0.1, -0.05) is 0 Å². The van der Waals surface area contributed by atoms with E-state index in [1.807, 2.05) is 5.32 Å². The van der Waals surface area contributed by atoms with Gasteiger partial charge in [-0.05, 0) is 0 Å². The zero-order chi connectivity index (χ0) is 10.5. The second-order valence-electron chi connectivity index (χ2n) is 3.41. The second kappa shape index (κ2) is 2.69. The molecule has 0 saturated carbocycles. The number of rotatable bonds is 0. The van der Waals surface area contributed by atoms with Crippen LogP contribution in [-0.2, 0) is 9.59 Å². The maximum atomic E-state index is 12.3. The first kappa shape index (κ1) is 9.45. The van der Waals surface area contributed by atoms with Crippen molar-refractivity contribution in [1.82, 2.24) is 10.6 Å². The summed E-state index contributed by atoms with van der Waals surface area (Å²) in [6.07, 6.45) is -4.48. The van der Waals surface area contributed by atoms with E-state index in [1.165, 1.54) is 0 Å². The van der Waals surface area contributed by atoms with E-state index in [2.05, 4.69) is 5.32 Å². The first-order chi connectivity index (χ1) is 6.41. The van der Waals surface area contributed by atoms with Gasteiger partial charge in [-0.25, -0.2) is 0 Å². The lowest BCUT2D eigenvalue weighted by molar-refractivity contribution is -0.165. The SMILES string of the molecule is O=C1NC(=O)C2C1CNC2C(F)(F)F. The molecule has 2 heterocycles. The van der Waals surface area contributed by atoms with E-state index in [1.54, 1.807) is 0 Å². The van der Waals surface area contributed by atoms with E-state index in [-0.39, 0.29) is 6.54 Å². The third kappa shape index (κ3) is 1.19. The quantitative estimate of drug-likeness (QED) is 0.523. The van der Waals surface area contributed by atoms with Gasteiger partial charge in [-0.3, -0.25) is 14.9 Å². The summed E-state index contributed by atoms with van der Waals surface area (Å²) in [5, 5.41) is 4.06. The molecule has 0 radical (unpaired) electrons. The summed E-state index contributed by atoms with van der Waals surface area (Å²) >= 11 is 0. The Kier molecular flexibility index (Phi) is 1.82. The number of fused-ring (bicyclic) bond motifs is 1. The Morgan fingerprint density at radius 2 is 1.86 bits per heavy atom. The average Bonchev–Trinajstić information content (AvgIpc) is 2.53. The molecule has 2 rings (SSSR count). The van der Waals surface area contributed by atoms with Crippen molar-refractivity contribution >= 4 is 11.8 Å². The molecule has 14 heavy (non-hydrogen) atoms. The van der Waals surface area contributed by atoms with E-state index >= 15 is 0 Å². The Balaban J connectivity index is 2.26. The van der Waals surface area contributed by atoms with Gasteiger partial charge in [0.15, 0.2) is 0 Å². The zero-order valence-electron chi connectivity index (χ0n) is 6.89. The van der Waals surface area contributed by atoms with Crippen LogP contribution < -0.4 is 10.6 Å². The van der Waals surface area contributed by atoms with Crippen LogP contribution in [0.4, 0.5) is 13.2 Å². The molecule has 0 spiro atoms. The number of alkyl halides is 3. The molecule has 3 atom stereocenters. The lowest BCUT2D eigenvalue weighted by atomic mass is 9.93. The number of nitrogens with one attached hydrogen (secondary N) is 2. The smallest absolute Gasteiger partial charge is 0.305 e. The van der Waals surface area contributed by atoms with E-state index in [9.17, 15) is 22.8 Å². The number of halogens is 3. The molecule has 2 fully saturated rings. The fraction of sp³-hybridized carbons (Fsp3) is 0.714. The van der Waals surface area contributed by atoms with Crippen LogP contribution in [0.15, 0.2) is 0 Å². The Morgan fingerprint density at radius 3 is 2.43 bits per heavy atom. The van der Waals surface area contributed by atoms with Gasteiger partial charge in [0.05, 0.1) is 11.8 Å². The highest BCUT2D eigenvalue weighted by Crippen LogP contribution is 2.36. The van der Waals surface area contributed by atoms with Crippen molar-refractivity contribution < 1.29 is 22.8 Å². The van der Waals surface area contributed by atoms with E-state index in [0.717, 1.165) is 0 Å². The summed E-state index contributed by atoms with van der Waals surface area (Å²) in [5.74, 6) is -3.59. The van der Waals surface area contributed by atoms with Crippen molar-refractivity contribution in [3.8, 4) is 0 Å². The van der Waals surface area contributed by atoms with E-state index in [0.29, 0.717) is 0 Å². The minimum Gasteiger partial charge on any atom is -0.305 e. The molecular formula is C7H7F3N2O2. The van der Waals surface area contributed by atoms with Crippen molar-refractivity contribution in [1.29, 1.82) is 0 Å². The third-order valence-electron chi connectivity index (χ3n) is 2.59. The Labute approximate surface area is 76.8 Å². The number of hydrogen-bond acceptors (Lipinski definition) is 3. The van der Waals surface area contributed by atoms with Crippen LogP contribution in [0.25, 0.3) is 0 Å². The lowest BCUT2D eigenvalue weighted by Crippen LogP contribution is -2.45. The van der Waals surface area contributed by atoms with Crippen molar-refractivity contribution in [3.05, 3.63) is 0 Å². The largest absolute Gasteiger partial charge is 0.404 e. The molecular weight excluding hydrogens is 201 g/mol. The summed E-state index contributed by atoms with van der Waals surface area (Å²) in [7, 11) is 0. The van der Waals surface area contributed by atoms with Crippen LogP contribution in [0.3, 0.4) is 0 Å². The van der Waals surface area contributed by atoms with Crippen molar-refractivity contribution in [2.75, 3.05) is 6.54 Å². The Hall–Kier alpha value is -1.11. The van der Waals surface area contributed by atoms with Crippen molar-refractivity contribution in [3.63, 3.8) is 0 Å². The van der Waals surface area contributed by atoms with E-state index < -0.39 is 35.9 Å². The van der Waals surface area contributed by atoms with Crippen LogP contribution in [0.1, 0.15) is 0 Å². The summed E-state index contributed by atoms with van der Waals surface area (Å²) in [5.41, 5.74) is 0. The van der Waals surface area contributed by atoms with Gasteiger partial charge < -0.3 is 5.32 Å². The van der Waals surface area contributed by atoms with Crippen LogP contribution in [0, 0.1) is 11.8 Å². The molecule has 78 valence electrons. The van der Waals surface area contributed by atoms with Gasteiger partial charge in [0.2, 0.25) is 11.8 Å². The Bertz CT molecular complexity index is 302.